The fourth-order valence-corrected chi connectivity index (χ4v) is 1.87. The maximum Gasteiger partial charge on any atom is 0.137 e. The average Bonchev–Trinajstić information content (AvgIpc) is 2.29. The van der Waals surface area contributed by atoms with Crippen molar-refractivity contribution in [3.8, 4) is 0 Å². The van der Waals surface area contributed by atoms with E-state index in [2.05, 4.69) is 21.4 Å². The summed E-state index contributed by atoms with van der Waals surface area (Å²) in [6.07, 6.45) is 0.767. The molecule has 0 spiro atoms. The van der Waals surface area contributed by atoms with Crippen LogP contribution in [0.15, 0.2) is 22.7 Å². The van der Waals surface area contributed by atoms with Crippen LogP contribution in [0.4, 0.5) is 4.39 Å². The first kappa shape index (κ1) is 14.6. The lowest BCUT2D eigenvalue weighted by Crippen LogP contribution is -2.41. The summed E-state index contributed by atoms with van der Waals surface area (Å²) < 4.78 is 19.3. The van der Waals surface area contributed by atoms with Crippen LogP contribution in [-0.4, -0.2) is 18.8 Å². The molecule has 0 aliphatic rings. The molecule has 0 aliphatic carbocycles. The molecule has 1 atom stereocenters. The van der Waals surface area contributed by atoms with E-state index in [1.165, 1.54) is 6.07 Å². The van der Waals surface area contributed by atoms with Crippen LogP contribution in [0, 0.1) is 5.82 Å². The predicted molar refractivity (Wildman–Crippen MR) is 70.0 cm³/mol. The molecule has 0 heterocycles. The van der Waals surface area contributed by atoms with Gasteiger partial charge >= 0.3 is 0 Å². The van der Waals surface area contributed by atoms with Gasteiger partial charge in [-0.05, 0) is 47.8 Å². The van der Waals surface area contributed by atoms with Crippen molar-refractivity contribution in [2.75, 3.05) is 6.61 Å². The number of hydrogen-bond acceptors (Lipinski definition) is 3. The summed E-state index contributed by atoms with van der Waals surface area (Å²) in [5, 5.41) is 0. The zero-order valence-electron chi connectivity index (χ0n) is 10.0. The molecule has 0 amide bonds. The van der Waals surface area contributed by atoms with Crippen molar-refractivity contribution < 1.29 is 9.13 Å². The van der Waals surface area contributed by atoms with E-state index in [0.717, 1.165) is 5.56 Å². The molecule has 17 heavy (non-hydrogen) atoms. The van der Waals surface area contributed by atoms with Gasteiger partial charge in [0.15, 0.2) is 0 Å². The lowest BCUT2D eigenvalue weighted by atomic mass is 10.1. The van der Waals surface area contributed by atoms with Gasteiger partial charge in [-0.2, -0.15) is 0 Å². The molecule has 1 aromatic carbocycles. The highest BCUT2D eigenvalue weighted by atomic mass is 79.9. The maximum absolute atomic E-state index is 13.3. The number of hydrogen-bond donors (Lipinski definition) is 2. The molecule has 5 heteroatoms. The lowest BCUT2D eigenvalue weighted by molar-refractivity contribution is 0.0612. The zero-order valence-corrected chi connectivity index (χ0v) is 11.6. The number of ether oxygens (including phenoxy) is 1. The van der Waals surface area contributed by atoms with Crippen LogP contribution in [-0.2, 0) is 11.2 Å². The van der Waals surface area contributed by atoms with Gasteiger partial charge in [-0.1, -0.05) is 12.1 Å². The first-order valence-electron chi connectivity index (χ1n) is 5.55. The van der Waals surface area contributed by atoms with Crippen molar-refractivity contribution in [1.82, 2.24) is 5.43 Å². The summed E-state index contributed by atoms with van der Waals surface area (Å²) in [6.45, 7) is 4.43. The molecule has 1 aromatic rings. The van der Waals surface area contributed by atoms with Crippen LogP contribution in [0.2, 0.25) is 0 Å². The van der Waals surface area contributed by atoms with Crippen molar-refractivity contribution in [1.29, 1.82) is 0 Å². The van der Waals surface area contributed by atoms with E-state index in [0.29, 0.717) is 17.5 Å². The molecule has 3 N–H and O–H groups in total. The number of benzene rings is 1. The van der Waals surface area contributed by atoms with Crippen LogP contribution in [0.1, 0.15) is 19.4 Å². The third kappa shape index (κ3) is 4.71. The lowest BCUT2D eigenvalue weighted by Gasteiger charge is -2.18. The highest BCUT2D eigenvalue weighted by Gasteiger charge is 2.12. The summed E-state index contributed by atoms with van der Waals surface area (Å²) in [6, 6.07) is 4.94. The molecule has 96 valence electrons. The van der Waals surface area contributed by atoms with E-state index in [4.69, 9.17) is 10.6 Å². The zero-order chi connectivity index (χ0) is 12.8. The van der Waals surface area contributed by atoms with Gasteiger partial charge in [0.1, 0.15) is 5.82 Å². The van der Waals surface area contributed by atoms with Crippen molar-refractivity contribution in [3.05, 3.63) is 34.1 Å². The van der Waals surface area contributed by atoms with Gasteiger partial charge in [-0.15, -0.1) is 0 Å². The summed E-state index contributed by atoms with van der Waals surface area (Å²) in [4.78, 5) is 0. The Labute approximate surface area is 110 Å². The quantitative estimate of drug-likeness (QED) is 0.627. The molecule has 0 bridgehead atoms. The molecule has 3 nitrogen and oxygen atoms in total. The van der Waals surface area contributed by atoms with Gasteiger partial charge < -0.3 is 4.74 Å². The summed E-state index contributed by atoms with van der Waals surface area (Å²) in [5.41, 5.74) is 3.56. The van der Waals surface area contributed by atoms with E-state index in [1.54, 1.807) is 6.07 Å². The van der Waals surface area contributed by atoms with Crippen LogP contribution in [0.25, 0.3) is 0 Å². The van der Waals surface area contributed by atoms with Gasteiger partial charge in [0.2, 0.25) is 0 Å². The highest BCUT2D eigenvalue weighted by Crippen LogP contribution is 2.21. The fraction of sp³-hybridized carbons (Fsp3) is 0.500. The van der Waals surface area contributed by atoms with Crippen LogP contribution >= 0.6 is 15.9 Å². The molecular weight excluding hydrogens is 287 g/mol. The first-order valence-corrected chi connectivity index (χ1v) is 6.34. The fourth-order valence-electron chi connectivity index (χ4n) is 1.45. The maximum atomic E-state index is 13.3. The highest BCUT2D eigenvalue weighted by molar-refractivity contribution is 9.10. The molecule has 1 rings (SSSR count). The topological polar surface area (TPSA) is 47.3 Å². The predicted octanol–water partition coefficient (Wildman–Crippen LogP) is 2.39. The molecule has 1 unspecified atom stereocenters. The second-order valence-electron chi connectivity index (χ2n) is 4.16. The van der Waals surface area contributed by atoms with Crippen LogP contribution in [0.5, 0.6) is 0 Å². The SMILES string of the molecule is CC(C)OCC(Cc1cccc(F)c1Br)NN. The van der Waals surface area contributed by atoms with Crippen LogP contribution in [0.3, 0.4) is 0 Å². The first-order chi connectivity index (χ1) is 8.04. The van der Waals surface area contributed by atoms with Gasteiger partial charge in [0.25, 0.3) is 0 Å². The smallest absolute Gasteiger partial charge is 0.137 e. The molecule has 0 radical (unpaired) electrons. The second kappa shape index (κ2) is 7.06. The van der Waals surface area contributed by atoms with Gasteiger partial charge in [-0.25, -0.2) is 4.39 Å². The Bertz CT molecular complexity index is 360. The number of halogens is 2. The Morgan fingerprint density at radius 2 is 2.18 bits per heavy atom. The number of rotatable bonds is 6. The third-order valence-electron chi connectivity index (χ3n) is 2.36. The molecule has 0 saturated carbocycles. The summed E-state index contributed by atoms with van der Waals surface area (Å²) >= 11 is 3.23. The minimum absolute atomic E-state index is 0.0319. The van der Waals surface area contributed by atoms with Crippen molar-refractivity contribution in [3.63, 3.8) is 0 Å². The minimum Gasteiger partial charge on any atom is -0.377 e. The van der Waals surface area contributed by atoms with Gasteiger partial charge in [0.05, 0.1) is 17.2 Å². The van der Waals surface area contributed by atoms with Crippen molar-refractivity contribution in [2.24, 2.45) is 5.84 Å². The van der Waals surface area contributed by atoms with E-state index in [1.807, 2.05) is 19.9 Å². The minimum atomic E-state index is -0.261. The van der Waals surface area contributed by atoms with Gasteiger partial charge in [-0.3, -0.25) is 11.3 Å². The van der Waals surface area contributed by atoms with Gasteiger partial charge in [0, 0.05) is 6.04 Å². The van der Waals surface area contributed by atoms with E-state index < -0.39 is 0 Å². The summed E-state index contributed by atoms with van der Waals surface area (Å²) in [7, 11) is 0. The average molecular weight is 305 g/mol. The largest absolute Gasteiger partial charge is 0.377 e. The number of nitrogens with two attached hydrogens (primary N) is 1. The molecule has 0 fully saturated rings. The molecule has 0 saturated heterocycles. The van der Waals surface area contributed by atoms with E-state index in [-0.39, 0.29) is 18.0 Å². The standard InChI is InChI=1S/C12H18BrFN2O/c1-8(2)17-7-10(16-15)6-9-4-3-5-11(14)12(9)13/h3-5,8,10,16H,6-7,15H2,1-2H3. The van der Waals surface area contributed by atoms with Crippen molar-refractivity contribution >= 4 is 15.9 Å². The molecular formula is C12H18BrFN2O. The monoisotopic (exact) mass is 304 g/mol. The van der Waals surface area contributed by atoms with Crippen LogP contribution < -0.4 is 11.3 Å². The summed E-state index contributed by atoms with van der Waals surface area (Å²) in [5.74, 6) is 5.19. The Hall–Kier alpha value is -0.490. The number of nitrogens with one attached hydrogen (secondary N) is 1. The normalized spacial score (nSPS) is 13.1. The Morgan fingerprint density at radius 3 is 2.76 bits per heavy atom. The Balaban J connectivity index is 2.64. The Kier molecular flexibility index (Phi) is 6.05. The Morgan fingerprint density at radius 1 is 1.47 bits per heavy atom. The van der Waals surface area contributed by atoms with E-state index >= 15 is 0 Å². The third-order valence-corrected chi connectivity index (χ3v) is 3.25. The molecule has 0 aliphatic heterocycles. The second-order valence-corrected chi connectivity index (χ2v) is 4.96. The van der Waals surface area contributed by atoms with Crippen molar-refractivity contribution in [2.45, 2.75) is 32.4 Å². The number of hydrazine groups is 1. The van der Waals surface area contributed by atoms with E-state index in [9.17, 15) is 4.39 Å². The molecule has 0 aromatic heterocycles.